The quantitative estimate of drug-likeness (QED) is 0.527. The fraction of sp³-hybridized carbons (Fsp3) is 0.286. The molecule has 1 atom stereocenters. The summed E-state index contributed by atoms with van der Waals surface area (Å²) >= 11 is 6.18. The van der Waals surface area contributed by atoms with Crippen molar-refractivity contribution < 1.29 is 22.8 Å². The van der Waals surface area contributed by atoms with E-state index in [1.165, 1.54) is 22.5 Å². The zero-order valence-corrected chi connectivity index (χ0v) is 19.3. The minimum Gasteiger partial charge on any atom is -0.322 e. The molecule has 0 bridgehead atoms. The van der Waals surface area contributed by atoms with Gasteiger partial charge in [0.2, 0.25) is 10.0 Å². The summed E-state index contributed by atoms with van der Waals surface area (Å²) in [4.78, 5) is 36.6. The van der Waals surface area contributed by atoms with Gasteiger partial charge < -0.3 is 10.6 Å². The first-order valence-electron chi connectivity index (χ1n) is 9.88. The van der Waals surface area contributed by atoms with Crippen LogP contribution in [0.25, 0.3) is 0 Å². The first kappa shape index (κ1) is 23.7. The lowest BCUT2D eigenvalue weighted by Gasteiger charge is -2.22. The molecule has 0 saturated carbocycles. The highest BCUT2D eigenvalue weighted by molar-refractivity contribution is 7.89. The zero-order valence-electron chi connectivity index (χ0n) is 17.7. The van der Waals surface area contributed by atoms with Gasteiger partial charge in [-0.15, -0.1) is 0 Å². The smallest absolute Gasteiger partial charge is 0.322 e. The Morgan fingerprint density at radius 2 is 1.81 bits per heavy atom. The van der Waals surface area contributed by atoms with Gasteiger partial charge in [-0.2, -0.15) is 4.31 Å². The van der Waals surface area contributed by atoms with E-state index < -0.39 is 33.4 Å². The lowest BCUT2D eigenvalue weighted by molar-refractivity contribution is -0.123. The van der Waals surface area contributed by atoms with Crippen LogP contribution in [-0.2, 0) is 20.4 Å². The van der Waals surface area contributed by atoms with Crippen molar-refractivity contribution in [2.45, 2.75) is 31.2 Å². The molecule has 2 aromatic carbocycles. The van der Waals surface area contributed by atoms with Crippen LogP contribution in [-0.4, -0.2) is 43.7 Å². The van der Waals surface area contributed by atoms with Crippen molar-refractivity contribution in [1.82, 2.24) is 14.9 Å². The summed E-state index contributed by atoms with van der Waals surface area (Å²) in [6.45, 7) is 5.58. The van der Waals surface area contributed by atoms with Crippen LogP contribution in [0.4, 0.5) is 10.5 Å². The third-order valence-corrected chi connectivity index (χ3v) is 7.64. The summed E-state index contributed by atoms with van der Waals surface area (Å²) in [7, 11) is -3.77. The van der Waals surface area contributed by atoms with Crippen molar-refractivity contribution in [2.75, 3.05) is 18.4 Å². The number of hydrogen-bond acceptors (Lipinski definition) is 5. The summed E-state index contributed by atoms with van der Waals surface area (Å²) in [6.07, 6.45) is 0. The van der Waals surface area contributed by atoms with E-state index in [4.69, 9.17) is 11.6 Å². The first-order valence-corrected chi connectivity index (χ1v) is 11.7. The van der Waals surface area contributed by atoms with Crippen LogP contribution in [0.1, 0.15) is 36.7 Å². The predicted molar refractivity (Wildman–Crippen MR) is 120 cm³/mol. The van der Waals surface area contributed by atoms with E-state index in [9.17, 15) is 22.8 Å². The molecule has 3 N–H and O–H groups in total. The van der Waals surface area contributed by atoms with Crippen LogP contribution in [0.15, 0.2) is 47.4 Å². The minimum atomic E-state index is -3.77. The van der Waals surface area contributed by atoms with E-state index >= 15 is 0 Å². The number of rotatable bonds is 7. The molecule has 1 aliphatic rings. The number of urea groups is 1. The number of anilines is 1. The van der Waals surface area contributed by atoms with Gasteiger partial charge in [-0.05, 0) is 42.8 Å². The maximum absolute atomic E-state index is 12.9. The molecule has 0 aliphatic carbocycles. The number of hydrogen-bond donors (Lipinski definition) is 3. The molecule has 11 heteroatoms. The van der Waals surface area contributed by atoms with Crippen molar-refractivity contribution in [3.05, 3.63) is 58.6 Å². The Kier molecular flexibility index (Phi) is 6.59. The summed E-state index contributed by atoms with van der Waals surface area (Å²) in [6, 6.07) is 9.77. The summed E-state index contributed by atoms with van der Waals surface area (Å²) in [5, 5.41) is 7.50. The van der Waals surface area contributed by atoms with Crippen LogP contribution < -0.4 is 16.0 Å². The topological polar surface area (TPSA) is 125 Å². The van der Waals surface area contributed by atoms with Crippen LogP contribution >= 0.6 is 11.6 Å². The maximum atomic E-state index is 12.9. The maximum Gasteiger partial charge on any atom is 0.322 e. The molecule has 1 saturated heterocycles. The highest BCUT2D eigenvalue weighted by Gasteiger charge is 2.43. The third kappa shape index (κ3) is 4.34. The Balaban J connectivity index is 1.90. The van der Waals surface area contributed by atoms with Crippen LogP contribution in [0, 0.1) is 0 Å². The van der Waals surface area contributed by atoms with Gasteiger partial charge in [0.1, 0.15) is 5.54 Å². The second-order valence-corrected chi connectivity index (χ2v) is 9.64. The van der Waals surface area contributed by atoms with Crippen molar-refractivity contribution in [2.24, 2.45) is 0 Å². The zero-order chi connectivity index (χ0) is 23.7. The van der Waals surface area contributed by atoms with Gasteiger partial charge >= 0.3 is 6.03 Å². The number of amides is 4. The van der Waals surface area contributed by atoms with Gasteiger partial charge in [0.25, 0.3) is 11.8 Å². The third-order valence-electron chi connectivity index (χ3n) is 5.27. The molecule has 1 aliphatic heterocycles. The number of carbonyl (C=O) groups is 3. The molecule has 1 unspecified atom stereocenters. The number of sulfonamides is 1. The van der Waals surface area contributed by atoms with E-state index in [1.54, 1.807) is 45.0 Å². The van der Waals surface area contributed by atoms with Gasteiger partial charge in [0.15, 0.2) is 0 Å². The molecule has 0 spiro atoms. The van der Waals surface area contributed by atoms with E-state index in [1.807, 2.05) is 0 Å². The summed E-state index contributed by atoms with van der Waals surface area (Å²) in [5.41, 5.74) is -0.491. The molecule has 2 aromatic rings. The van der Waals surface area contributed by atoms with Crippen molar-refractivity contribution in [3.63, 3.8) is 0 Å². The average Bonchev–Trinajstić information content (AvgIpc) is 3.01. The van der Waals surface area contributed by atoms with Crippen LogP contribution in [0.3, 0.4) is 0 Å². The molecule has 0 aromatic heterocycles. The largest absolute Gasteiger partial charge is 0.322 e. The minimum absolute atomic E-state index is 0.0107. The van der Waals surface area contributed by atoms with Crippen LogP contribution in [0.2, 0.25) is 5.02 Å². The molecular weight excluding hydrogens is 456 g/mol. The molecule has 170 valence electrons. The molecule has 0 radical (unpaired) electrons. The fourth-order valence-electron chi connectivity index (χ4n) is 3.40. The Bertz CT molecular complexity index is 1200. The van der Waals surface area contributed by atoms with E-state index in [2.05, 4.69) is 16.0 Å². The van der Waals surface area contributed by atoms with Gasteiger partial charge in [-0.3, -0.25) is 14.9 Å². The van der Waals surface area contributed by atoms with E-state index in [0.29, 0.717) is 24.3 Å². The van der Waals surface area contributed by atoms with Gasteiger partial charge in [0, 0.05) is 18.8 Å². The fourth-order valence-corrected chi connectivity index (χ4v) is 5.09. The molecule has 3 rings (SSSR count). The number of nitrogens with zero attached hydrogens (tertiary/aromatic N) is 1. The number of nitrogens with one attached hydrogen (secondary N) is 3. The Hall–Kier alpha value is -2.95. The van der Waals surface area contributed by atoms with Gasteiger partial charge in [-0.1, -0.05) is 37.6 Å². The lowest BCUT2D eigenvalue weighted by atomic mass is 9.92. The second kappa shape index (κ2) is 8.89. The lowest BCUT2D eigenvalue weighted by Crippen LogP contribution is -2.40. The van der Waals surface area contributed by atoms with E-state index in [-0.39, 0.29) is 15.5 Å². The highest BCUT2D eigenvalue weighted by Crippen LogP contribution is 2.28. The van der Waals surface area contributed by atoms with Crippen molar-refractivity contribution in [1.29, 1.82) is 0 Å². The summed E-state index contributed by atoms with van der Waals surface area (Å²) < 4.78 is 26.9. The number of carbonyl (C=O) groups excluding carboxylic acids is 3. The van der Waals surface area contributed by atoms with E-state index in [0.717, 1.165) is 0 Å². The molecule has 32 heavy (non-hydrogen) atoms. The van der Waals surface area contributed by atoms with Crippen LogP contribution in [0.5, 0.6) is 0 Å². The molecule has 9 nitrogen and oxygen atoms in total. The van der Waals surface area contributed by atoms with Crippen molar-refractivity contribution >= 4 is 45.2 Å². The first-order chi connectivity index (χ1) is 15.0. The van der Waals surface area contributed by atoms with Gasteiger partial charge in [0.05, 0.1) is 15.5 Å². The Morgan fingerprint density at radius 1 is 1.12 bits per heavy atom. The normalized spacial score (nSPS) is 18.4. The number of halogens is 1. The van der Waals surface area contributed by atoms with Crippen molar-refractivity contribution in [3.8, 4) is 0 Å². The molecular formula is C21H23ClN4O5S. The standard InChI is InChI=1S/C21H23ClN4O5S/c1-4-26(5-2)32(30,31)15-9-10-17(22)16(12-15)18(27)23-14-8-6-7-13(11-14)21(3)19(28)24-20(29)25-21/h6-12H,4-5H2,1-3H3,(H,23,27)(H2,24,25,28,29). The van der Waals surface area contributed by atoms with Gasteiger partial charge in [-0.25, -0.2) is 13.2 Å². The molecule has 1 fully saturated rings. The molecule has 4 amide bonds. The summed E-state index contributed by atoms with van der Waals surface area (Å²) in [5.74, 6) is -1.13. The number of benzene rings is 2. The SMILES string of the molecule is CCN(CC)S(=O)(=O)c1ccc(Cl)c(C(=O)Nc2cccc(C3(C)NC(=O)NC3=O)c2)c1. The average molecular weight is 479 g/mol. The predicted octanol–water partition coefficient (Wildman–Crippen LogP) is 2.68. The monoisotopic (exact) mass is 478 g/mol. The Morgan fingerprint density at radius 3 is 2.41 bits per heavy atom. The highest BCUT2D eigenvalue weighted by atomic mass is 35.5. The second-order valence-electron chi connectivity index (χ2n) is 7.30. The number of imide groups is 1. The molecule has 1 heterocycles. The Labute approximate surface area is 191 Å².